The van der Waals surface area contributed by atoms with E-state index in [9.17, 15) is 9.59 Å². The number of hydrogen-bond acceptors (Lipinski definition) is 5. The van der Waals surface area contributed by atoms with E-state index < -0.39 is 5.97 Å². The molecule has 1 rings (SSSR count). The smallest absolute Gasteiger partial charge is 0.351 e. The van der Waals surface area contributed by atoms with Crippen LogP contribution in [0.25, 0.3) is 0 Å². The van der Waals surface area contributed by atoms with Crippen molar-refractivity contribution >= 4 is 23.6 Å². The van der Waals surface area contributed by atoms with Crippen LogP contribution in [-0.2, 0) is 9.53 Å². The van der Waals surface area contributed by atoms with Crippen molar-refractivity contribution in [3.8, 4) is 6.07 Å². The largest absolute Gasteiger partial charge is 0.465 e. The molecule has 6 heteroatoms. The molecular formula is C13H12N2O3S. The summed E-state index contributed by atoms with van der Waals surface area (Å²) >= 11 is 1.09. The Hall–Kier alpha value is -2.26. The lowest BCUT2D eigenvalue weighted by molar-refractivity contribution is -0.135. The molecule has 0 spiro atoms. The quantitative estimate of drug-likeness (QED) is 0.514. The van der Waals surface area contributed by atoms with Gasteiger partial charge in [-0.25, -0.2) is 4.79 Å². The highest BCUT2D eigenvalue weighted by molar-refractivity contribution is 8.02. The summed E-state index contributed by atoms with van der Waals surface area (Å²) in [5, 5.41) is 11.6. The van der Waals surface area contributed by atoms with Gasteiger partial charge in [-0.2, -0.15) is 5.26 Å². The van der Waals surface area contributed by atoms with Crippen LogP contribution in [0.1, 0.15) is 10.4 Å². The predicted octanol–water partition coefficient (Wildman–Crippen LogP) is 1.69. The molecule has 19 heavy (non-hydrogen) atoms. The molecule has 1 N–H and O–H groups in total. The topological polar surface area (TPSA) is 79.2 Å². The first-order chi connectivity index (χ1) is 9.13. The van der Waals surface area contributed by atoms with E-state index in [0.717, 1.165) is 11.8 Å². The van der Waals surface area contributed by atoms with Crippen molar-refractivity contribution in [3.63, 3.8) is 0 Å². The van der Waals surface area contributed by atoms with Gasteiger partial charge in [0.15, 0.2) is 5.57 Å². The molecule has 0 aliphatic heterocycles. The molecule has 0 heterocycles. The highest BCUT2D eigenvalue weighted by Crippen LogP contribution is 2.15. The third-order valence-electron chi connectivity index (χ3n) is 2.20. The number of thioether (sulfide) groups is 1. The number of nitrogens with one attached hydrogen (secondary N) is 1. The van der Waals surface area contributed by atoms with Gasteiger partial charge in [0.05, 0.1) is 7.11 Å². The maximum absolute atomic E-state index is 11.9. The van der Waals surface area contributed by atoms with E-state index in [1.807, 2.05) is 0 Å². The van der Waals surface area contributed by atoms with Crippen molar-refractivity contribution in [1.82, 2.24) is 5.32 Å². The molecule has 1 aromatic rings. The van der Waals surface area contributed by atoms with Crippen LogP contribution < -0.4 is 5.32 Å². The van der Waals surface area contributed by atoms with Crippen LogP contribution >= 0.6 is 11.8 Å². The number of hydrogen-bond donors (Lipinski definition) is 1. The van der Waals surface area contributed by atoms with Crippen molar-refractivity contribution in [2.75, 3.05) is 13.4 Å². The van der Waals surface area contributed by atoms with Crippen LogP contribution in [0.3, 0.4) is 0 Å². The van der Waals surface area contributed by atoms with Crippen molar-refractivity contribution in [2.24, 2.45) is 0 Å². The Morgan fingerprint density at radius 1 is 1.32 bits per heavy atom. The summed E-state index contributed by atoms with van der Waals surface area (Å²) in [4.78, 5) is 23.3. The molecule has 0 fully saturated rings. The summed E-state index contributed by atoms with van der Waals surface area (Å²) < 4.78 is 4.49. The minimum atomic E-state index is -0.778. The molecule has 0 aliphatic rings. The summed E-state index contributed by atoms with van der Waals surface area (Å²) in [5.74, 6) is -1.16. The van der Waals surface area contributed by atoms with E-state index in [1.165, 1.54) is 7.11 Å². The third-order valence-corrected chi connectivity index (χ3v) is 2.91. The maximum Gasteiger partial charge on any atom is 0.351 e. The highest BCUT2D eigenvalue weighted by Gasteiger charge is 2.17. The first-order valence-electron chi connectivity index (χ1n) is 5.27. The fourth-order valence-electron chi connectivity index (χ4n) is 1.27. The molecule has 0 saturated heterocycles. The van der Waals surface area contributed by atoms with Crippen LogP contribution in [0.5, 0.6) is 0 Å². The van der Waals surface area contributed by atoms with Crippen LogP contribution in [0.4, 0.5) is 0 Å². The summed E-state index contributed by atoms with van der Waals surface area (Å²) in [6, 6.07) is 10.2. The van der Waals surface area contributed by atoms with Gasteiger partial charge < -0.3 is 10.1 Å². The van der Waals surface area contributed by atoms with Gasteiger partial charge in [0.25, 0.3) is 5.91 Å². The van der Waals surface area contributed by atoms with Crippen molar-refractivity contribution in [2.45, 2.75) is 0 Å². The van der Waals surface area contributed by atoms with Crippen molar-refractivity contribution in [1.29, 1.82) is 5.26 Å². The number of rotatable bonds is 4. The number of esters is 1. The maximum atomic E-state index is 11.9. The highest BCUT2D eigenvalue weighted by atomic mass is 32.2. The van der Waals surface area contributed by atoms with Gasteiger partial charge in [0.2, 0.25) is 0 Å². The first-order valence-corrected chi connectivity index (χ1v) is 6.49. The first kappa shape index (κ1) is 14.8. The predicted molar refractivity (Wildman–Crippen MR) is 72.1 cm³/mol. The zero-order valence-corrected chi connectivity index (χ0v) is 11.3. The average Bonchev–Trinajstić information content (AvgIpc) is 2.47. The van der Waals surface area contributed by atoms with Gasteiger partial charge in [0.1, 0.15) is 11.1 Å². The second-order valence-corrected chi connectivity index (χ2v) is 4.15. The molecular weight excluding hydrogens is 264 g/mol. The number of nitriles is 1. The van der Waals surface area contributed by atoms with Gasteiger partial charge >= 0.3 is 5.97 Å². The number of benzene rings is 1. The molecule has 0 atom stereocenters. The van der Waals surface area contributed by atoms with Crippen LogP contribution in [0.2, 0.25) is 0 Å². The Morgan fingerprint density at radius 3 is 2.42 bits per heavy atom. The lowest BCUT2D eigenvalue weighted by Crippen LogP contribution is -2.24. The second-order valence-electron chi connectivity index (χ2n) is 3.33. The number of nitrogens with zero attached hydrogens (tertiary/aromatic N) is 1. The summed E-state index contributed by atoms with van der Waals surface area (Å²) in [6.45, 7) is 0. The van der Waals surface area contributed by atoms with E-state index in [1.54, 1.807) is 42.7 Å². The summed E-state index contributed by atoms with van der Waals surface area (Å²) in [7, 11) is 1.18. The minimum Gasteiger partial charge on any atom is -0.465 e. The number of ether oxygens (including phenoxy) is 1. The Bertz CT molecular complexity index is 547. The Labute approximate surface area is 115 Å². The normalized spacial score (nSPS) is 11.0. The minimum absolute atomic E-state index is 0.170. The molecule has 98 valence electrons. The zero-order chi connectivity index (χ0) is 14.3. The number of carbonyl (C=O) groups excluding carboxylic acids is 2. The Morgan fingerprint density at radius 2 is 1.95 bits per heavy atom. The summed E-state index contributed by atoms with van der Waals surface area (Å²) in [6.07, 6.45) is 1.65. The van der Waals surface area contributed by atoms with E-state index in [-0.39, 0.29) is 16.5 Å². The average molecular weight is 276 g/mol. The van der Waals surface area contributed by atoms with Crippen LogP contribution in [-0.4, -0.2) is 25.2 Å². The monoisotopic (exact) mass is 276 g/mol. The number of methoxy groups -OCH3 is 1. The molecule has 0 saturated carbocycles. The molecule has 0 radical (unpaired) electrons. The zero-order valence-electron chi connectivity index (χ0n) is 10.5. The molecule has 0 unspecified atom stereocenters. The molecule has 0 bridgehead atoms. The lowest BCUT2D eigenvalue weighted by Gasteiger charge is -2.08. The molecule has 1 aromatic carbocycles. The standard InChI is InChI=1S/C13H12N2O3S/c1-18-13(17)10(8-14)12(19-2)15-11(16)9-6-4-3-5-7-9/h3-7H,1-2H3,(H,15,16). The fraction of sp³-hybridized carbons (Fsp3) is 0.154. The molecule has 0 aliphatic carbocycles. The van der Waals surface area contributed by atoms with E-state index in [4.69, 9.17) is 5.26 Å². The number of carbonyl (C=O) groups is 2. The Kier molecular flexibility index (Phi) is 5.64. The van der Waals surface area contributed by atoms with Gasteiger partial charge in [-0.15, -0.1) is 11.8 Å². The van der Waals surface area contributed by atoms with Crippen LogP contribution in [0, 0.1) is 11.3 Å². The van der Waals surface area contributed by atoms with Gasteiger partial charge in [0, 0.05) is 5.56 Å². The van der Waals surface area contributed by atoms with E-state index in [2.05, 4.69) is 10.1 Å². The SMILES string of the molecule is COC(=O)C(C#N)=C(NC(=O)c1ccccc1)SC. The molecule has 5 nitrogen and oxygen atoms in total. The van der Waals surface area contributed by atoms with E-state index in [0.29, 0.717) is 5.56 Å². The fourth-order valence-corrected chi connectivity index (χ4v) is 1.80. The molecule has 1 amide bonds. The van der Waals surface area contributed by atoms with Gasteiger partial charge in [-0.3, -0.25) is 4.79 Å². The van der Waals surface area contributed by atoms with Crippen molar-refractivity contribution < 1.29 is 14.3 Å². The van der Waals surface area contributed by atoms with Crippen molar-refractivity contribution in [3.05, 3.63) is 46.5 Å². The number of amides is 1. The second kappa shape index (κ2) is 7.24. The Balaban J connectivity index is 3.00. The molecule has 0 aromatic heterocycles. The van der Waals surface area contributed by atoms with Gasteiger partial charge in [-0.1, -0.05) is 18.2 Å². The van der Waals surface area contributed by atoms with E-state index >= 15 is 0 Å². The van der Waals surface area contributed by atoms with Crippen LogP contribution in [0.15, 0.2) is 40.9 Å². The third kappa shape index (κ3) is 3.86. The lowest BCUT2D eigenvalue weighted by atomic mass is 10.2. The summed E-state index contributed by atoms with van der Waals surface area (Å²) in [5.41, 5.74) is 0.218. The van der Waals surface area contributed by atoms with Gasteiger partial charge in [-0.05, 0) is 18.4 Å².